The molecule has 0 bridgehead atoms. The van der Waals surface area contributed by atoms with Gasteiger partial charge in [-0.2, -0.15) is 0 Å². The number of hydrogen-bond donors (Lipinski definition) is 2. The molecule has 2 aromatic carbocycles. The highest BCUT2D eigenvalue weighted by Crippen LogP contribution is 2.40. The van der Waals surface area contributed by atoms with Gasteiger partial charge in [-0.25, -0.2) is 0 Å². The molecule has 3 aromatic rings. The molecule has 4 rings (SSSR count). The Morgan fingerprint density at radius 3 is 2.50 bits per heavy atom. The minimum absolute atomic E-state index is 0.155. The van der Waals surface area contributed by atoms with E-state index in [2.05, 4.69) is 23.6 Å². The van der Waals surface area contributed by atoms with Crippen LogP contribution in [0.5, 0.6) is 0 Å². The fraction of sp³-hybridized carbons (Fsp3) is 0.280. The number of carbonyl (C=O) groups is 2. The van der Waals surface area contributed by atoms with Crippen LogP contribution in [0.3, 0.4) is 0 Å². The first-order valence-electron chi connectivity index (χ1n) is 10.3. The average molecular weight is 419 g/mol. The van der Waals surface area contributed by atoms with Gasteiger partial charge in [-0.15, -0.1) is 11.3 Å². The van der Waals surface area contributed by atoms with Crippen molar-refractivity contribution in [3.63, 3.8) is 0 Å². The SMILES string of the molecule is Cc1ccc(NC(=O)c2c(NC(=O)c3ccccc3)sc3c2CCC(C)C3)c(C)c1. The minimum atomic E-state index is -0.192. The molecule has 0 spiro atoms. The number of fused-ring (bicyclic) bond motifs is 1. The van der Waals surface area contributed by atoms with Gasteiger partial charge in [0.1, 0.15) is 5.00 Å². The predicted molar refractivity (Wildman–Crippen MR) is 124 cm³/mol. The number of amides is 2. The van der Waals surface area contributed by atoms with Crippen molar-refractivity contribution in [2.24, 2.45) is 5.92 Å². The van der Waals surface area contributed by atoms with Crippen LogP contribution < -0.4 is 10.6 Å². The predicted octanol–water partition coefficient (Wildman–Crippen LogP) is 5.99. The molecule has 0 aliphatic heterocycles. The lowest BCUT2D eigenvalue weighted by Gasteiger charge is -2.19. The second kappa shape index (κ2) is 8.44. The fourth-order valence-corrected chi connectivity index (χ4v) is 5.39. The number of carbonyl (C=O) groups excluding carboxylic acids is 2. The van der Waals surface area contributed by atoms with Crippen molar-refractivity contribution in [1.29, 1.82) is 0 Å². The van der Waals surface area contributed by atoms with Crippen LogP contribution in [0.15, 0.2) is 48.5 Å². The summed E-state index contributed by atoms with van der Waals surface area (Å²) in [4.78, 5) is 27.3. The van der Waals surface area contributed by atoms with E-state index in [1.54, 1.807) is 23.5 Å². The molecule has 1 atom stereocenters. The van der Waals surface area contributed by atoms with Gasteiger partial charge < -0.3 is 10.6 Å². The Labute approximate surface area is 181 Å². The summed E-state index contributed by atoms with van der Waals surface area (Å²) >= 11 is 1.54. The lowest BCUT2D eigenvalue weighted by atomic mass is 9.88. The molecule has 1 heterocycles. The van der Waals surface area contributed by atoms with Crippen molar-refractivity contribution in [3.05, 3.63) is 81.2 Å². The second-order valence-electron chi connectivity index (χ2n) is 8.15. The Hall–Kier alpha value is -2.92. The minimum Gasteiger partial charge on any atom is -0.322 e. The summed E-state index contributed by atoms with van der Waals surface area (Å²) in [5.74, 6) is 0.240. The number of benzene rings is 2. The standard InChI is InChI=1S/C25H26N2O2S/c1-15-10-12-20(17(3)13-15)26-24(29)22-19-11-9-16(2)14-21(19)30-25(22)27-23(28)18-7-5-4-6-8-18/h4-8,10,12-13,16H,9,11,14H2,1-3H3,(H,26,29)(H,27,28). The van der Waals surface area contributed by atoms with E-state index >= 15 is 0 Å². The molecule has 0 saturated carbocycles. The Bertz CT molecular complexity index is 1100. The molecule has 2 amide bonds. The van der Waals surface area contributed by atoms with Crippen LogP contribution in [0, 0.1) is 19.8 Å². The van der Waals surface area contributed by atoms with Crippen LogP contribution in [0.2, 0.25) is 0 Å². The summed E-state index contributed by atoms with van der Waals surface area (Å²) < 4.78 is 0. The third kappa shape index (κ3) is 4.17. The van der Waals surface area contributed by atoms with E-state index in [-0.39, 0.29) is 11.8 Å². The van der Waals surface area contributed by atoms with E-state index in [1.165, 1.54) is 4.88 Å². The molecule has 0 radical (unpaired) electrons. The molecule has 154 valence electrons. The molecule has 0 fully saturated rings. The van der Waals surface area contributed by atoms with Crippen molar-refractivity contribution in [2.75, 3.05) is 10.6 Å². The summed E-state index contributed by atoms with van der Waals surface area (Å²) in [6, 6.07) is 15.1. The molecule has 30 heavy (non-hydrogen) atoms. The molecule has 1 aliphatic rings. The van der Waals surface area contributed by atoms with E-state index in [4.69, 9.17) is 0 Å². The Kier molecular flexibility index (Phi) is 5.73. The monoisotopic (exact) mass is 418 g/mol. The average Bonchev–Trinajstić information content (AvgIpc) is 3.07. The number of anilines is 2. The number of hydrogen-bond acceptors (Lipinski definition) is 3. The Morgan fingerprint density at radius 2 is 1.77 bits per heavy atom. The van der Waals surface area contributed by atoms with E-state index < -0.39 is 0 Å². The van der Waals surface area contributed by atoms with Gasteiger partial charge in [-0.3, -0.25) is 9.59 Å². The molecule has 2 N–H and O–H groups in total. The third-order valence-electron chi connectivity index (χ3n) is 5.63. The van der Waals surface area contributed by atoms with Crippen molar-refractivity contribution >= 4 is 33.8 Å². The number of nitrogens with one attached hydrogen (secondary N) is 2. The van der Waals surface area contributed by atoms with Crippen LogP contribution in [0.25, 0.3) is 0 Å². The first-order valence-corrected chi connectivity index (χ1v) is 11.1. The van der Waals surface area contributed by atoms with Crippen LogP contribution >= 0.6 is 11.3 Å². The highest BCUT2D eigenvalue weighted by Gasteiger charge is 2.28. The summed E-state index contributed by atoms with van der Waals surface area (Å²) in [6.45, 7) is 6.26. The van der Waals surface area contributed by atoms with Gasteiger partial charge in [0.15, 0.2) is 0 Å². The summed E-state index contributed by atoms with van der Waals surface area (Å²) in [5, 5.41) is 6.72. The first kappa shape index (κ1) is 20.4. The van der Waals surface area contributed by atoms with Gasteiger partial charge in [0.05, 0.1) is 5.56 Å². The second-order valence-corrected chi connectivity index (χ2v) is 9.25. The normalized spacial score (nSPS) is 15.4. The molecule has 1 aliphatic carbocycles. The number of rotatable bonds is 4. The van der Waals surface area contributed by atoms with Crippen LogP contribution in [0.4, 0.5) is 10.7 Å². The molecule has 4 nitrogen and oxygen atoms in total. The van der Waals surface area contributed by atoms with E-state index in [9.17, 15) is 9.59 Å². The summed E-state index contributed by atoms with van der Waals surface area (Å²) in [5.41, 5.74) is 5.27. The van der Waals surface area contributed by atoms with Crippen LogP contribution in [0.1, 0.15) is 55.6 Å². The molecule has 5 heteroatoms. The highest BCUT2D eigenvalue weighted by molar-refractivity contribution is 7.17. The summed E-state index contributed by atoms with van der Waals surface area (Å²) in [6.07, 6.45) is 2.87. The zero-order chi connectivity index (χ0) is 21.3. The van der Waals surface area contributed by atoms with Gasteiger partial charge in [-0.1, -0.05) is 42.8 Å². The topological polar surface area (TPSA) is 58.2 Å². The number of thiophene rings is 1. The van der Waals surface area contributed by atoms with E-state index in [1.807, 2.05) is 44.2 Å². The maximum Gasteiger partial charge on any atom is 0.258 e. The zero-order valence-corrected chi connectivity index (χ0v) is 18.4. The van der Waals surface area contributed by atoms with Gasteiger partial charge in [0.2, 0.25) is 0 Å². The Morgan fingerprint density at radius 1 is 1.00 bits per heavy atom. The lowest BCUT2D eigenvalue weighted by molar-refractivity contribution is 0.102. The molecule has 0 saturated heterocycles. The van der Waals surface area contributed by atoms with Gasteiger partial charge in [0.25, 0.3) is 11.8 Å². The maximum absolute atomic E-state index is 13.3. The quantitative estimate of drug-likeness (QED) is 0.546. The van der Waals surface area contributed by atoms with Crippen molar-refractivity contribution in [2.45, 2.75) is 40.0 Å². The Balaban J connectivity index is 1.68. The largest absolute Gasteiger partial charge is 0.322 e. The maximum atomic E-state index is 13.3. The van der Waals surface area contributed by atoms with Crippen molar-refractivity contribution < 1.29 is 9.59 Å². The van der Waals surface area contributed by atoms with Crippen LogP contribution in [-0.2, 0) is 12.8 Å². The molecular formula is C25H26N2O2S. The number of aryl methyl sites for hydroxylation is 2. The first-order chi connectivity index (χ1) is 14.4. The van der Waals surface area contributed by atoms with Gasteiger partial charge in [-0.05, 0) is 68.4 Å². The van der Waals surface area contributed by atoms with Crippen molar-refractivity contribution in [3.8, 4) is 0 Å². The van der Waals surface area contributed by atoms with Crippen LogP contribution in [-0.4, -0.2) is 11.8 Å². The van der Waals surface area contributed by atoms with Gasteiger partial charge in [0, 0.05) is 16.1 Å². The third-order valence-corrected chi connectivity index (χ3v) is 6.80. The lowest BCUT2D eigenvalue weighted by Crippen LogP contribution is -2.19. The highest BCUT2D eigenvalue weighted by atomic mass is 32.1. The van der Waals surface area contributed by atoms with E-state index in [0.717, 1.165) is 41.6 Å². The molecular weight excluding hydrogens is 392 g/mol. The molecule has 1 aromatic heterocycles. The molecule has 1 unspecified atom stereocenters. The fourth-order valence-electron chi connectivity index (χ4n) is 3.98. The zero-order valence-electron chi connectivity index (χ0n) is 17.5. The van der Waals surface area contributed by atoms with E-state index in [0.29, 0.717) is 22.0 Å². The van der Waals surface area contributed by atoms with Gasteiger partial charge >= 0.3 is 0 Å². The summed E-state index contributed by atoms with van der Waals surface area (Å²) in [7, 11) is 0. The van der Waals surface area contributed by atoms with Crippen molar-refractivity contribution in [1.82, 2.24) is 0 Å². The smallest absolute Gasteiger partial charge is 0.258 e.